The zero-order valence-corrected chi connectivity index (χ0v) is 9.33. The lowest BCUT2D eigenvalue weighted by Crippen LogP contribution is -1.83. The molecule has 1 heteroatoms. The molecule has 14 heavy (non-hydrogen) atoms. The Hall–Kier alpha value is -1.37. The molecule has 0 N–H and O–H groups in total. The Morgan fingerprint density at radius 1 is 1.00 bits per heavy atom. The van der Waals surface area contributed by atoms with E-state index in [-0.39, 0.29) is 0 Å². The summed E-state index contributed by atoms with van der Waals surface area (Å²) in [5.41, 5.74) is 2.40. The van der Waals surface area contributed by atoms with E-state index >= 15 is 0 Å². The summed E-state index contributed by atoms with van der Waals surface area (Å²) in [7, 11) is 0. The summed E-state index contributed by atoms with van der Waals surface area (Å²) < 4.78 is 0. The quantitative estimate of drug-likeness (QED) is 0.610. The third-order valence-electron chi connectivity index (χ3n) is 2.12. The number of fused-ring (bicyclic) bond motifs is 1. The van der Waals surface area contributed by atoms with E-state index in [0.717, 1.165) is 5.69 Å². The number of hydrogen-bond acceptors (Lipinski definition) is 1. The van der Waals surface area contributed by atoms with Crippen molar-refractivity contribution in [1.29, 1.82) is 0 Å². The first-order valence-electron chi connectivity index (χ1n) is 5.09. The zero-order chi connectivity index (χ0) is 10.6. The summed E-state index contributed by atoms with van der Waals surface area (Å²) in [6.45, 7) is 8.15. The first kappa shape index (κ1) is 10.7. The van der Waals surface area contributed by atoms with Gasteiger partial charge in [0.05, 0.1) is 0 Å². The minimum absolute atomic E-state index is 1.10. The van der Waals surface area contributed by atoms with Crippen LogP contribution in [-0.2, 0) is 0 Å². The summed E-state index contributed by atoms with van der Waals surface area (Å²) in [5.74, 6) is 0. The fourth-order valence-electron chi connectivity index (χ4n) is 1.45. The fourth-order valence-corrected chi connectivity index (χ4v) is 1.45. The van der Waals surface area contributed by atoms with Gasteiger partial charge in [-0.1, -0.05) is 37.6 Å². The van der Waals surface area contributed by atoms with Crippen LogP contribution in [-0.4, -0.2) is 4.98 Å². The molecule has 1 nitrogen and oxygen atoms in total. The van der Waals surface area contributed by atoms with E-state index in [9.17, 15) is 0 Å². The molecule has 0 saturated heterocycles. The predicted octanol–water partition coefficient (Wildman–Crippen LogP) is 3.88. The molecule has 74 valence electrons. The van der Waals surface area contributed by atoms with Crippen LogP contribution in [0.2, 0.25) is 0 Å². The highest BCUT2D eigenvalue weighted by Gasteiger charge is 1.96. The van der Waals surface area contributed by atoms with E-state index in [4.69, 9.17) is 0 Å². The third kappa shape index (κ3) is 2.11. The molecule has 1 aromatic carbocycles. The molecule has 0 aliphatic carbocycles. The lowest BCUT2D eigenvalue weighted by molar-refractivity contribution is 1.23. The van der Waals surface area contributed by atoms with Crippen LogP contribution in [0.5, 0.6) is 0 Å². The van der Waals surface area contributed by atoms with Crippen molar-refractivity contribution in [2.24, 2.45) is 0 Å². The minimum atomic E-state index is 1.10. The number of hydrogen-bond donors (Lipinski definition) is 0. The number of pyridine rings is 1. The van der Waals surface area contributed by atoms with Crippen molar-refractivity contribution in [1.82, 2.24) is 4.98 Å². The maximum absolute atomic E-state index is 4.24. The Bertz CT molecular complexity index is 419. The maximum Gasteiger partial charge on any atom is 0.0450 e. The minimum Gasteiger partial charge on any atom is -0.261 e. The number of benzene rings is 1. The number of rotatable bonds is 0. The Labute approximate surface area is 85.8 Å². The largest absolute Gasteiger partial charge is 0.261 e. The van der Waals surface area contributed by atoms with Gasteiger partial charge in [-0.2, -0.15) is 0 Å². The SMILES string of the molecule is CC.Cc1ccc2c(C)nccc2c1. The average Bonchev–Trinajstić information content (AvgIpc) is 2.21. The average molecular weight is 187 g/mol. The number of aromatic nitrogens is 1. The highest BCUT2D eigenvalue weighted by molar-refractivity contribution is 5.84. The summed E-state index contributed by atoms with van der Waals surface area (Å²) in [6.07, 6.45) is 1.86. The first-order chi connectivity index (χ1) is 6.77. The van der Waals surface area contributed by atoms with E-state index < -0.39 is 0 Å². The molecule has 0 spiro atoms. The van der Waals surface area contributed by atoms with Gasteiger partial charge in [-0.15, -0.1) is 0 Å². The summed E-state index contributed by atoms with van der Waals surface area (Å²) in [5, 5.41) is 2.53. The van der Waals surface area contributed by atoms with Crippen molar-refractivity contribution < 1.29 is 0 Å². The second-order valence-electron chi connectivity index (χ2n) is 3.12. The van der Waals surface area contributed by atoms with E-state index in [0.29, 0.717) is 0 Å². The molecule has 1 aromatic heterocycles. The molecule has 0 radical (unpaired) electrons. The van der Waals surface area contributed by atoms with Gasteiger partial charge >= 0.3 is 0 Å². The van der Waals surface area contributed by atoms with Crippen molar-refractivity contribution >= 4 is 10.8 Å². The second-order valence-corrected chi connectivity index (χ2v) is 3.12. The molecule has 0 saturated carbocycles. The molecule has 2 rings (SSSR count). The normalized spacial score (nSPS) is 9.43. The van der Waals surface area contributed by atoms with Crippen LogP contribution < -0.4 is 0 Å². The predicted molar refractivity (Wildman–Crippen MR) is 62.6 cm³/mol. The van der Waals surface area contributed by atoms with Crippen molar-refractivity contribution in [2.45, 2.75) is 27.7 Å². The van der Waals surface area contributed by atoms with Crippen molar-refractivity contribution in [3.63, 3.8) is 0 Å². The molecule has 0 atom stereocenters. The van der Waals surface area contributed by atoms with E-state index in [1.54, 1.807) is 0 Å². The van der Waals surface area contributed by atoms with E-state index in [1.165, 1.54) is 16.3 Å². The Kier molecular flexibility index (Phi) is 3.63. The van der Waals surface area contributed by atoms with Crippen molar-refractivity contribution in [3.05, 3.63) is 41.7 Å². The van der Waals surface area contributed by atoms with Gasteiger partial charge in [0, 0.05) is 17.3 Å². The number of aryl methyl sites for hydroxylation is 2. The van der Waals surface area contributed by atoms with Crippen LogP contribution in [0.25, 0.3) is 10.8 Å². The standard InChI is InChI=1S/C11H11N.C2H6/c1-8-3-4-11-9(2)12-6-5-10(11)7-8;1-2/h3-7H,1-2H3;1-2H3. The van der Waals surface area contributed by atoms with Gasteiger partial charge in [-0.3, -0.25) is 4.98 Å². The van der Waals surface area contributed by atoms with Gasteiger partial charge < -0.3 is 0 Å². The van der Waals surface area contributed by atoms with Crippen LogP contribution in [0.15, 0.2) is 30.5 Å². The second kappa shape index (κ2) is 4.75. The fraction of sp³-hybridized carbons (Fsp3) is 0.308. The lowest BCUT2D eigenvalue weighted by Gasteiger charge is -2.00. The van der Waals surface area contributed by atoms with Gasteiger partial charge in [-0.05, 0) is 25.3 Å². The monoisotopic (exact) mass is 187 g/mol. The van der Waals surface area contributed by atoms with Gasteiger partial charge in [0.15, 0.2) is 0 Å². The Balaban J connectivity index is 0.000000461. The topological polar surface area (TPSA) is 12.9 Å². The van der Waals surface area contributed by atoms with Gasteiger partial charge in [0.2, 0.25) is 0 Å². The zero-order valence-electron chi connectivity index (χ0n) is 9.33. The van der Waals surface area contributed by atoms with Gasteiger partial charge in [0.1, 0.15) is 0 Å². The molecule has 0 amide bonds. The molecule has 0 unspecified atom stereocenters. The first-order valence-corrected chi connectivity index (χ1v) is 5.09. The van der Waals surface area contributed by atoms with E-state index in [2.05, 4.69) is 36.2 Å². The number of nitrogens with zero attached hydrogens (tertiary/aromatic N) is 1. The smallest absolute Gasteiger partial charge is 0.0450 e. The van der Waals surface area contributed by atoms with Gasteiger partial charge in [-0.25, -0.2) is 0 Å². The lowest BCUT2D eigenvalue weighted by atomic mass is 10.1. The van der Waals surface area contributed by atoms with Gasteiger partial charge in [0.25, 0.3) is 0 Å². The molecular weight excluding hydrogens is 170 g/mol. The molecule has 0 bridgehead atoms. The van der Waals surface area contributed by atoms with Crippen molar-refractivity contribution in [2.75, 3.05) is 0 Å². The van der Waals surface area contributed by atoms with Crippen LogP contribution >= 0.6 is 0 Å². The maximum atomic E-state index is 4.24. The third-order valence-corrected chi connectivity index (χ3v) is 2.12. The van der Waals surface area contributed by atoms with Crippen LogP contribution in [0.3, 0.4) is 0 Å². The van der Waals surface area contributed by atoms with Crippen LogP contribution in [0, 0.1) is 13.8 Å². The van der Waals surface area contributed by atoms with Crippen LogP contribution in [0.4, 0.5) is 0 Å². The summed E-state index contributed by atoms with van der Waals surface area (Å²) >= 11 is 0. The summed E-state index contributed by atoms with van der Waals surface area (Å²) in [6, 6.07) is 8.49. The van der Waals surface area contributed by atoms with Crippen LogP contribution in [0.1, 0.15) is 25.1 Å². The highest BCUT2D eigenvalue weighted by Crippen LogP contribution is 2.16. The molecule has 0 fully saturated rings. The molecule has 0 aliphatic heterocycles. The highest BCUT2D eigenvalue weighted by atomic mass is 14.7. The molecular formula is C13H17N. The van der Waals surface area contributed by atoms with E-state index in [1.807, 2.05) is 27.0 Å². The molecule has 2 aromatic rings. The Morgan fingerprint density at radius 2 is 1.71 bits per heavy atom. The molecule has 0 aliphatic rings. The Morgan fingerprint density at radius 3 is 2.43 bits per heavy atom. The van der Waals surface area contributed by atoms with Crippen molar-refractivity contribution in [3.8, 4) is 0 Å². The summed E-state index contributed by atoms with van der Waals surface area (Å²) in [4.78, 5) is 4.24. The molecule has 1 heterocycles.